The van der Waals surface area contributed by atoms with Gasteiger partial charge >= 0.3 is 0 Å². The Kier molecular flexibility index (Phi) is 2.43. The number of aromatic nitrogens is 4. The molecule has 0 unspecified atom stereocenters. The van der Waals surface area contributed by atoms with Crippen LogP contribution in [0, 0.1) is 0 Å². The Bertz CT molecular complexity index is 574. The summed E-state index contributed by atoms with van der Waals surface area (Å²) in [4.78, 5) is 8.95. The van der Waals surface area contributed by atoms with Crippen molar-refractivity contribution in [2.45, 2.75) is 38.6 Å². The van der Waals surface area contributed by atoms with Crippen LogP contribution < -0.4 is 5.73 Å². The van der Waals surface area contributed by atoms with Gasteiger partial charge in [-0.05, 0) is 26.7 Å². The molecule has 2 heterocycles. The summed E-state index contributed by atoms with van der Waals surface area (Å²) in [5.41, 5.74) is 8.06. The second kappa shape index (κ2) is 3.86. The zero-order valence-corrected chi connectivity index (χ0v) is 11.1. The van der Waals surface area contributed by atoms with Crippen molar-refractivity contribution in [1.29, 1.82) is 0 Å². The van der Waals surface area contributed by atoms with Crippen molar-refractivity contribution < 1.29 is 0 Å². The Morgan fingerprint density at radius 1 is 1.39 bits per heavy atom. The van der Waals surface area contributed by atoms with Crippen LogP contribution in [0.4, 0.5) is 5.82 Å². The van der Waals surface area contributed by atoms with Gasteiger partial charge in [0.2, 0.25) is 0 Å². The maximum Gasteiger partial charge on any atom is 0.133 e. The SMILES string of the molecule is CC(C)n1cncc1-c1nc(C2CC2)n(C)c1N. The van der Waals surface area contributed by atoms with Gasteiger partial charge < -0.3 is 14.9 Å². The molecular weight excluding hydrogens is 226 g/mol. The average Bonchev–Trinajstić information content (AvgIpc) is 2.97. The first-order valence-corrected chi connectivity index (χ1v) is 6.44. The van der Waals surface area contributed by atoms with Crippen LogP contribution in [0.1, 0.15) is 44.5 Å². The number of rotatable bonds is 3. The van der Waals surface area contributed by atoms with Crippen LogP contribution in [0.25, 0.3) is 11.4 Å². The van der Waals surface area contributed by atoms with Crippen molar-refractivity contribution in [3.63, 3.8) is 0 Å². The van der Waals surface area contributed by atoms with E-state index in [0.717, 1.165) is 23.0 Å². The molecule has 96 valence electrons. The molecule has 1 aliphatic carbocycles. The summed E-state index contributed by atoms with van der Waals surface area (Å²) in [6, 6.07) is 0.355. The monoisotopic (exact) mass is 245 g/mol. The molecule has 1 fully saturated rings. The molecule has 5 heteroatoms. The Hall–Kier alpha value is -1.78. The van der Waals surface area contributed by atoms with Crippen LogP contribution >= 0.6 is 0 Å². The highest BCUT2D eigenvalue weighted by Gasteiger charge is 2.30. The van der Waals surface area contributed by atoms with Gasteiger partial charge in [-0.25, -0.2) is 9.97 Å². The fourth-order valence-electron chi connectivity index (χ4n) is 2.32. The second-order valence-corrected chi connectivity index (χ2v) is 5.32. The molecule has 2 aromatic rings. The predicted octanol–water partition coefficient (Wildman–Crippen LogP) is 2.32. The van der Waals surface area contributed by atoms with E-state index in [9.17, 15) is 0 Å². The molecule has 0 aromatic carbocycles. The number of imidazole rings is 2. The van der Waals surface area contributed by atoms with Crippen LogP contribution in [0.2, 0.25) is 0 Å². The molecule has 0 amide bonds. The van der Waals surface area contributed by atoms with E-state index in [2.05, 4.69) is 23.4 Å². The first-order chi connectivity index (χ1) is 8.59. The molecule has 0 atom stereocenters. The minimum absolute atomic E-state index is 0.355. The minimum Gasteiger partial charge on any atom is -0.383 e. The van der Waals surface area contributed by atoms with Crippen LogP contribution in [-0.4, -0.2) is 19.1 Å². The lowest BCUT2D eigenvalue weighted by Gasteiger charge is -2.10. The summed E-state index contributed by atoms with van der Waals surface area (Å²) >= 11 is 0. The second-order valence-electron chi connectivity index (χ2n) is 5.32. The molecule has 0 saturated heterocycles. The van der Waals surface area contributed by atoms with E-state index >= 15 is 0 Å². The minimum atomic E-state index is 0.355. The lowest BCUT2D eigenvalue weighted by atomic mass is 10.3. The van der Waals surface area contributed by atoms with Gasteiger partial charge in [0.15, 0.2) is 0 Å². The van der Waals surface area contributed by atoms with Gasteiger partial charge in [0.25, 0.3) is 0 Å². The van der Waals surface area contributed by atoms with Gasteiger partial charge in [-0.1, -0.05) is 0 Å². The Balaban J connectivity index is 2.11. The van der Waals surface area contributed by atoms with E-state index in [0.29, 0.717) is 12.0 Å². The van der Waals surface area contributed by atoms with Crippen molar-refractivity contribution in [2.24, 2.45) is 7.05 Å². The summed E-state index contributed by atoms with van der Waals surface area (Å²) < 4.78 is 4.13. The van der Waals surface area contributed by atoms with E-state index < -0.39 is 0 Å². The maximum absolute atomic E-state index is 6.19. The lowest BCUT2D eigenvalue weighted by Crippen LogP contribution is -2.03. The Morgan fingerprint density at radius 2 is 2.11 bits per heavy atom. The van der Waals surface area contributed by atoms with Crippen LogP contribution in [0.3, 0.4) is 0 Å². The van der Waals surface area contributed by atoms with Gasteiger partial charge in [0.1, 0.15) is 17.3 Å². The molecule has 1 saturated carbocycles. The largest absolute Gasteiger partial charge is 0.383 e. The fraction of sp³-hybridized carbons (Fsp3) is 0.538. The smallest absolute Gasteiger partial charge is 0.133 e. The van der Waals surface area contributed by atoms with Crippen molar-refractivity contribution >= 4 is 5.82 Å². The summed E-state index contributed by atoms with van der Waals surface area (Å²) in [6.07, 6.45) is 6.14. The van der Waals surface area contributed by atoms with Crippen molar-refractivity contribution in [1.82, 2.24) is 19.1 Å². The Labute approximate surface area is 107 Å². The van der Waals surface area contributed by atoms with Crippen molar-refractivity contribution in [3.05, 3.63) is 18.3 Å². The molecule has 3 rings (SSSR count). The molecule has 0 aliphatic heterocycles. The molecule has 2 aromatic heterocycles. The third-order valence-corrected chi connectivity index (χ3v) is 3.58. The van der Waals surface area contributed by atoms with Gasteiger partial charge in [0.05, 0.1) is 18.2 Å². The van der Waals surface area contributed by atoms with Gasteiger partial charge in [0, 0.05) is 19.0 Å². The summed E-state index contributed by atoms with van der Waals surface area (Å²) in [5, 5.41) is 0. The maximum atomic E-state index is 6.19. The number of nitrogens with two attached hydrogens (primary N) is 1. The fourth-order valence-corrected chi connectivity index (χ4v) is 2.32. The number of nitrogen functional groups attached to an aromatic ring is 1. The zero-order chi connectivity index (χ0) is 12.9. The molecule has 0 bridgehead atoms. The van der Waals surface area contributed by atoms with Crippen LogP contribution in [0.15, 0.2) is 12.5 Å². The van der Waals surface area contributed by atoms with E-state index in [4.69, 9.17) is 10.7 Å². The lowest BCUT2D eigenvalue weighted by molar-refractivity contribution is 0.604. The number of anilines is 1. The topological polar surface area (TPSA) is 61.7 Å². The molecule has 2 N–H and O–H groups in total. The highest BCUT2D eigenvalue weighted by atomic mass is 15.2. The first kappa shape index (κ1) is 11.3. The average molecular weight is 245 g/mol. The van der Waals surface area contributed by atoms with Crippen molar-refractivity contribution in [2.75, 3.05) is 5.73 Å². The highest BCUT2D eigenvalue weighted by Crippen LogP contribution is 2.41. The van der Waals surface area contributed by atoms with E-state index in [-0.39, 0.29) is 0 Å². The quantitative estimate of drug-likeness (QED) is 0.902. The van der Waals surface area contributed by atoms with Gasteiger partial charge in [-0.3, -0.25) is 0 Å². The van der Waals surface area contributed by atoms with Gasteiger partial charge in [-0.2, -0.15) is 0 Å². The zero-order valence-electron chi connectivity index (χ0n) is 11.1. The van der Waals surface area contributed by atoms with Crippen LogP contribution in [0.5, 0.6) is 0 Å². The summed E-state index contributed by atoms with van der Waals surface area (Å²) in [7, 11) is 2.00. The van der Waals surface area contributed by atoms with Crippen LogP contribution in [-0.2, 0) is 7.05 Å². The molecule has 0 spiro atoms. The van der Waals surface area contributed by atoms with Crippen molar-refractivity contribution in [3.8, 4) is 11.4 Å². The van der Waals surface area contributed by atoms with E-state index in [1.807, 2.05) is 24.1 Å². The number of hydrogen-bond donors (Lipinski definition) is 1. The summed E-state index contributed by atoms with van der Waals surface area (Å²) in [5.74, 6) is 2.44. The third kappa shape index (κ3) is 1.62. The standard InChI is InChI=1S/C13H19N5/c1-8(2)18-7-15-6-10(18)11-12(14)17(3)13(16-11)9-4-5-9/h6-9H,4-5,14H2,1-3H3. The summed E-state index contributed by atoms with van der Waals surface area (Å²) in [6.45, 7) is 4.26. The third-order valence-electron chi connectivity index (χ3n) is 3.58. The highest BCUT2D eigenvalue weighted by molar-refractivity contribution is 5.68. The Morgan fingerprint density at radius 3 is 2.72 bits per heavy atom. The van der Waals surface area contributed by atoms with Gasteiger partial charge in [-0.15, -0.1) is 0 Å². The predicted molar refractivity (Wildman–Crippen MR) is 71.2 cm³/mol. The van der Waals surface area contributed by atoms with E-state index in [1.54, 1.807) is 0 Å². The molecule has 18 heavy (non-hydrogen) atoms. The number of nitrogens with zero attached hydrogens (tertiary/aromatic N) is 4. The molecule has 0 radical (unpaired) electrons. The first-order valence-electron chi connectivity index (χ1n) is 6.44. The normalized spacial score (nSPS) is 15.6. The molecule has 5 nitrogen and oxygen atoms in total. The van der Waals surface area contributed by atoms with E-state index in [1.165, 1.54) is 12.8 Å². The molecule has 1 aliphatic rings. The molecular formula is C13H19N5. The number of hydrogen-bond acceptors (Lipinski definition) is 3.